The Labute approximate surface area is 207 Å². The second-order valence-corrected chi connectivity index (χ2v) is 9.12. The van der Waals surface area contributed by atoms with Crippen molar-refractivity contribution >= 4 is 40.2 Å². The summed E-state index contributed by atoms with van der Waals surface area (Å²) in [5.74, 6) is -1.56. The number of nitrogens with zero attached hydrogens (tertiary/aromatic N) is 1. The van der Waals surface area contributed by atoms with E-state index in [0.29, 0.717) is 6.54 Å². The van der Waals surface area contributed by atoms with Gasteiger partial charge in [0.2, 0.25) is 0 Å². The first kappa shape index (κ1) is 23.3. The zero-order chi connectivity index (χ0) is 23.4. The van der Waals surface area contributed by atoms with Crippen molar-refractivity contribution in [3.63, 3.8) is 0 Å². The Morgan fingerprint density at radius 1 is 1.00 bits per heavy atom. The number of carbonyl (C=O) groups is 2. The van der Waals surface area contributed by atoms with Crippen molar-refractivity contribution in [2.45, 2.75) is 24.8 Å². The molecule has 0 bridgehead atoms. The molecule has 4 rings (SSSR count). The first-order chi connectivity index (χ1) is 16.1. The van der Waals surface area contributed by atoms with E-state index in [1.807, 2.05) is 41.3 Å². The molecule has 2 atom stereocenters. The van der Waals surface area contributed by atoms with Crippen LogP contribution in [0.4, 0.5) is 5.69 Å². The molecule has 1 aliphatic carbocycles. The third kappa shape index (κ3) is 4.62. The number of methoxy groups -OCH3 is 1. The monoisotopic (exact) mass is 555 g/mol. The minimum Gasteiger partial charge on any atom is -0.481 e. The van der Waals surface area contributed by atoms with Crippen LogP contribution in [-0.2, 0) is 14.3 Å². The fourth-order valence-electron chi connectivity index (χ4n) is 4.78. The van der Waals surface area contributed by atoms with Gasteiger partial charge in [-0.25, -0.2) is 4.79 Å². The summed E-state index contributed by atoms with van der Waals surface area (Å²) in [5.41, 5.74) is 6.67. The molecule has 6 heteroatoms. The zero-order valence-electron chi connectivity index (χ0n) is 18.4. The number of benzene rings is 3. The minimum atomic E-state index is -1.03. The summed E-state index contributed by atoms with van der Waals surface area (Å²) in [4.78, 5) is 26.4. The smallest absolute Gasteiger partial charge is 0.329 e. The van der Waals surface area contributed by atoms with Crippen LogP contribution in [0.2, 0.25) is 0 Å². The number of ether oxygens (including phenoxy) is 1. The van der Waals surface area contributed by atoms with Crippen LogP contribution < -0.4 is 4.90 Å². The van der Waals surface area contributed by atoms with Gasteiger partial charge in [0.1, 0.15) is 6.04 Å². The van der Waals surface area contributed by atoms with Crippen LogP contribution in [0.1, 0.15) is 35.4 Å². The Hall–Kier alpha value is -2.87. The molecule has 1 aliphatic rings. The molecule has 3 aromatic rings. The molecule has 0 fully saturated rings. The number of anilines is 1. The lowest BCUT2D eigenvalue weighted by atomic mass is 9.88. The highest BCUT2D eigenvalue weighted by atomic mass is 127. The lowest BCUT2D eigenvalue weighted by molar-refractivity contribution is -0.147. The molecule has 5 nitrogen and oxygen atoms in total. The molecule has 0 saturated carbocycles. The molecule has 33 heavy (non-hydrogen) atoms. The number of hydrogen-bond acceptors (Lipinski definition) is 4. The summed E-state index contributed by atoms with van der Waals surface area (Å²) in [6.07, 6.45) is 0.501. The zero-order valence-corrected chi connectivity index (χ0v) is 20.6. The van der Waals surface area contributed by atoms with Crippen LogP contribution in [0.25, 0.3) is 11.1 Å². The maximum atomic E-state index is 12.8. The molecule has 0 heterocycles. The van der Waals surface area contributed by atoms with Gasteiger partial charge in [0.25, 0.3) is 0 Å². The highest BCUT2D eigenvalue weighted by molar-refractivity contribution is 14.1. The molecule has 170 valence electrons. The summed E-state index contributed by atoms with van der Waals surface area (Å²) in [7, 11) is 1.31. The summed E-state index contributed by atoms with van der Waals surface area (Å²) < 4.78 is 5.94. The van der Waals surface area contributed by atoms with Gasteiger partial charge in [-0.2, -0.15) is 0 Å². The minimum absolute atomic E-state index is 0.00109. The number of carbonyl (C=O) groups excluding carboxylic acids is 1. The molecule has 0 amide bonds. The van der Waals surface area contributed by atoms with Crippen molar-refractivity contribution < 1.29 is 19.4 Å². The summed E-state index contributed by atoms with van der Waals surface area (Å²) in [6.45, 7) is 0.560. The average molecular weight is 555 g/mol. The third-order valence-electron chi connectivity index (χ3n) is 6.13. The van der Waals surface area contributed by atoms with Crippen LogP contribution in [0, 0.1) is 0 Å². The fourth-order valence-corrected chi connectivity index (χ4v) is 5.12. The van der Waals surface area contributed by atoms with Crippen LogP contribution in [-0.4, -0.2) is 41.2 Å². The standard InChI is InChI=1S/C27H26INO4/c1-33-27(32)23(17-24(30)31)29(16-8-15-28)22-14-7-13-21-19-11-5-6-12-20(19)25(26(21)22)18-9-3-2-4-10-18/h2-7,9-14,23,25H,8,15-17H2,1H3,(H,30,31)/t23-,25?/m1/s1. The van der Waals surface area contributed by atoms with Gasteiger partial charge in [-0.05, 0) is 40.3 Å². The molecule has 3 aromatic carbocycles. The number of halogens is 1. The quantitative estimate of drug-likeness (QED) is 0.168. The van der Waals surface area contributed by atoms with E-state index >= 15 is 0 Å². The summed E-state index contributed by atoms with van der Waals surface area (Å²) in [5, 5.41) is 9.58. The van der Waals surface area contributed by atoms with Crippen molar-refractivity contribution in [1.82, 2.24) is 0 Å². The van der Waals surface area contributed by atoms with Gasteiger partial charge in [-0.1, -0.05) is 89.3 Å². The van der Waals surface area contributed by atoms with E-state index in [1.165, 1.54) is 18.2 Å². The molecule has 0 aromatic heterocycles. The van der Waals surface area contributed by atoms with E-state index in [2.05, 4.69) is 59.0 Å². The molecule has 0 radical (unpaired) electrons. The fraction of sp³-hybridized carbons (Fsp3) is 0.259. The predicted molar refractivity (Wildman–Crippen MR) is 138 cm³/mol. The Bertz CT molecular complexity index is 1150. The topological polar surface area (TPSA) is 66.8 Å². The van der Waals surface area contributed by atoms with Crippen molar-refractivity contribution in [2.75, 3.05) is 23.0 Å². The Morgan fingerprint density at radius 2 is 1.70 bits per heavy atom. The number of esters is 1. The van der Waals surface area contributed by atoms with Crippen molar-refractivity contribution in [1.29, 1.82) is 0 Å². The summed E-state index contributed by atoms with van der Waals surface area (Å²) >= 11 is 2.31. The van der Waals surface area contributed by atoms with Crippen LogP contribution >= 0.6 is 22.6 Å². The summed E-state index contributed by atoms with van der Waals surface area (Å²) in [6, 6.07) is 23.9. The number of aliphatic carboxylic acids is 1. The number of hydrogen-bond donors (Lipinski definition) is 1. The number of carboxylic acid groups (broad SMARTS) is 1. The largest absolute Gasteiger partial charge is 0.481 e. The van der Waals surface area contributed by atoms with Crippen molar-refractivity contribution in [3.05, 3.63) is 89.5 Å². The van der Waals surface area contributed by atoms with Gasteiger partial charge < -0.3 is 14.7 Å². The molecule has 0 saturated heterocycles. The lowest BCUT2D eigenvalue weighted by Crippen LogP contribution is -2.44. The van der Waals surface area contributed by atoms with E-state index in [9.17, 15) is 14.7 Å². The third-order valence-corrected chi connectivity index (χ3v) is 6.89. The Kier molecular flexibility index (Phi) is 7.33. The number of carboxylic acids is 1. The number of rotatable bonds is 9. The maximum absolute atomic E-state index is 12.8. The average Bonchev–Trinajstić information content (AvgIpc) is 3.18. The first-order valence-corrected chi connectivity index (χ1v) is 12.5. The highest BCUT2D eigenvalue weighted by Gasteiger charge is 2.36. The molecule has 1 N–H and O–H groups in total. The van der Waals surface area contributed by atoms with E-state index in [1.54, 1.807) is 0 Å². The number of alkyl halides is 1. The molecular formula is C27H26INO4. The second kappa shape index (κ2) is 10.4. The van der Waals surface area contributed by atoms with Gasteiger partial charge in [0, 0.05) is 22.6 Å². The Balaban J connectivity index is 1.93. The van der Waals surface area contributed by atoms with Crippen LogP contribution in [0.3, 0.4) is 0 Å². The van der Waals surface area contributed by atoms with E-state index in [4.69, 9.17) is 4.74 Å². The van der Waals surface area contributed by atoms with Crippen molar-refractivity contribution in [3.8, 4) is 11.1 Å². The second-order valence-electron chi connectivity index (χ2n) is 8.04. The molecule has 1 unspecified atom stereocenters. The van der Waals surface area contributed by atoms with E-state index in [-0.39, 0.29) is 12.3 Å². The maximum Gasteiger partial charge on any atom is 0.329 e. The lowest BCUT2D eigenvalue weighted by Gasteiger charge is -2.34. The SMILES string of the molecule is COC(=O)[C@@H](CC(=O)O)N(CCCI)c1cccc2c1C(c1ccccc1)c1ccccc1-2. The van der Waals surface area contributed by atoms with Gasteiger partial charge in [-0.15, -0.1) is 0 Å². The van der Waals surface area contributed by atoms with E-state index < -0.39 is 18.0 Å². The van der Waals surface area contributed by atoms with Crippen molar-refractivity contribution in [2.24, 2.45) is 0 Å². The first-order valence-electron chi connectivity index (χ1n) is 11.0. The molecule has 0 aliphatic heterocycles. The van der Waals surface area contributed by atoms with Gasteiger partial charge in [-0.3, -0.25) is 4.79 Å². The highest BCUT2D eigenvalue weighted by Crippen LogP contribution is 2.51. The predicted octanol–water partition coefficient (Wildman–Crippen LogP) is 5.50. The van der Waals surface area contributed by atoms with Crippen LogP contribution in [0.15, 0.2) is 72.8 Å². The van der Waals surface area contributed by atoms with E-state index in [0.717, 1.165) is 33.2 Å². The number of fused-ring (bicyclic) bond motifs is 3. The van der Waals surface area contributed by atoms with Crippen LogP contribution in [0.5, 0.6) is 0 Å². The Morgan fingerprint density at radius 3 is 2.39 bits per heavy atom. The van der Waals surface area contributed by atoms with Gasteiger partial charge in [0.05, 0.1) is 13.5 Å². The van der Waals surface area contributed by atoms with Gasteiger partial charge >= 0.3 is 11.9 Å². The molecule has 0 spiro atoms. The van der Waals surface area contributed by atoms with Gasteiger partial charge in [0.15, 0.2) is 0 Å². The normalized spacial score (nSPS) is 14.8. The molecular weight excluding hydrogens is 529 g/mol.